The molecule has 0 saturated heterocycles. The Morgan fingerprint density at radius 3 is 2.73 bits per heavy atom. The molecule has 58 valence electrons. The van der Waals surface area contributed by atoms with Gasteiger partial charge in [0.1, 0.15) is 5.82 Å². The number of rotatable bonds is 1. The maximum absolute atomic E-state index is 12.9. The van der Waals surface area contributed by atoms with Crippen LogP contribution in [0.15, 0.2) is 16.6 Å². The SMILES string of the molecule is O=Cc1cc(Br)cc(I)c1F. The van der Waals surface area contributed by atoms with Gasteiger partial charge in [0.15, 0.2) is 6.29 Å². The summed E-state index contributed by atoms with van der Waals surface area (Å²) in [5, 5.41) is 0. The van der Waals surface area contributed by atoms with Gasteiger partial charge in [-0.2, -0.15) is 0 Å². The normalized spacial score (nSPS) is 9.73. The number of hydrogen-bond acceptors (Lipinski definition) is 1. The average Bonchev–Trinajstić information content (AvgIpc) is 1.96. The van der Waals surface area contributed by atoms with Crippen LogP contribution in [0.1, 0.15) is 10.4 Å². The van der Waals surface area contributed by atoms with Gasteiger partial charge in [-0.25, -0.2) is 4.39 Å². The molecule has 0 N–H and O–H groups in total. The predicted octanol–water partition coefficient (Wildman–Crippen LogP) is 3.01. The van der Waals surface area contributed by atoms with Crippen LogP contribution in [-0.2, 0) is 0 Å². The lowest BCUT2D eigenvalue weighted by atomic mass is 10.2. The Morgan fingerprint density at radius 1 is 1.55 bits per heavy atom. The molecule has 11 heavy (non-hydrogen) atoms. The van der Waals surface area contributed by atoms with Crippen molar-refractivity contribution < 1.29 is 9.18 Å². The Morgan fingerprint density at radius 2 is 2.18 bits per heavy atom. The molecule has 1 aromatic carbocycles. The van der Waals surface area contributed by atoms with Crippen LogP contribution in [0.2, 0.25) is 0 Å². The van der Waals surface area contributed by atoms with Gasteiger partial charge in [-0.3, -0.25) is 4.79 Å². The van der Waals surface area contributed by atoms with Crippen LogP contribution in [0.4, 0.5) is 4.39 Å². The van der Waals surface area contributed by atoms with Crippen molar-refractivity contribution in [3.05, 3.63) is 31.6 Å². The van der Waals surface area contributed by atoms with Crippen molar-refractivity contribution in [1.82, 2.24) is 0 Å². The molecule has 0 fully saturated rings. The minimum absolute atomic E-state index is 0.0868. The largest absolute Gasteiger partial charge is 0.298 e. The minimum Gasteiger partial charge on any atom is -0.298 e. The van der Waals surface area contributed by atoms with E-state index in [2.05, 4.69) is 15.9 Å². The average molecular weight is 329 g/mol. The standard InChI is InChI=1S/C7H3BrFIO/c8-5-1-4(3-11)7(9)6(10)2-5/h1-3H. The smallest absolute Gasteiger partial charge is 0.153 e. The quantitative estimate of drug-likeness (QED) is 0.440. The van der Waals surface area contributed by atoms with E-state index in [1.165, 1.54) is 6.07 Å². The molecule has 0 bridgehead atoms. The van der Waals surface area contributed by atoms with Crippen LogP contribution in [0.3, 0.4) is 0 Å². The van der Waals surface area contributed by atoms with Crippen LogP contribution >= 0.6 is 38.5 Å². The second kappa shape index (κ2) is 3.62. The topological polar surface area (TPSA) is 17.1 Å². The van der Waals surface area contributed by atoms with Crippen LogP contribution in [0.25, 0.3) is 0 Å². The highest BCUT2D eigenvalue weighted by Crippen LogP contribution is 2.20. The number of carbonyl (C=O) groups excluding carboxylic acids is 1. The molecular weight excluding hydrogens is 326 g/mol. The fourth-order valence-electron chi connectivity index (χ4n) is 0.662. The van der Waals surface area contributed by atoms with Crippen molar-refractivity contribution in [3.8, 4) is 0 Å². The summed E-state index contributed by atoms with van der Waals surface area (Å²) in [6, 6.07) is 3.06. The van der Waals surface area contributed by atoms with Gasteiger partial charge in [0.25, 0.3) is 0 Å². The molecule has 0 saturated carbocycles. The predicted molar refractivity (Wildman–Crippen MR) is 52.2 cm³/mol. The van der Waals surface area contributed by atoms with Crippen LogP contribution in [0.5, 0.6) is 0 Å². The molecule has 0 spiro atoms. The molecule has 1 aromatic rings. The number of benzene rings is 1. The zero-order valence-corrected chi connectivity index (χ0v) is 9.02. The van der Waals surface area contributed by atoms with Crippen molar-refractivity contribution in [2.24, 2.45) is 0 Å². The molecule has 0 unspecified atom stereocenters. The van der Waals surface area contributed by atoms with Gasteiger partial charge in [0.05, 0.1) is 9.13 Å². The van der Waals surface area contributed by atoms with Gasteiger partial charge in [-0.05, 0) is 34.7 Å². The Hall–Kier alpha value is 0.0300. The summed E-state index contributed by atoms with van der Waals surface area (Å²) < 4.78 is 14.1. The van der Waals surface area contributed by atoms with Crippen LogP contribution in [0, 0.1) is 9.39 Å². The summed E-state index contributed by atoms with van der Waals surface area (Å²) in [6.45, 7) is 0. The third-order valence-electron chi connectivity index (χ3n) is 1.15. The van der Waals surface area contributed by atoms with Gasteiger partial charge in [0, 0.05) is 4.47 Å². The third-order valence-corrected chi connectivity index (χ3v) is 2.39. The first-order chi connectivity index (χ1) is 5.15. The van der Waals surface area contributed by atoms with Crippen molar-refractivity contribution >= 4 is 44.8 Å². The number of carbonyl (C=O) groups is 1. The van der Waals surface area contributed by atoms with Gasteiger partial charge in [-0.15, -0.1) is 0 Å². The van der Waals surface area contributed by atoms with Crippen molar-refractivity contribution in [2.45, 2.75) is 0 Å². The van der Waals surface area contributed by atoms with E-state index in [1.54, 1.807) is 6.07 Å². The number of hydrogen-bond donors (Lipinski definition) is 0. The molecule has 1 rings (SSSR count). The number of aldehydes is 1. The third kappa shape index (κ3) is 1.99. The highest BCUT2D eigenvalue weighted by Gasteiger charge is 2.06. The van der Waals surface area contributed by atoms with Crippen molar-refractivity contribution in [1.29, 1.82) is 0 Å². The Labute approximate surface area is 85.3 Å². The second-order valence-corrected chi connectivity index (χ2v) is 3.99. The van der Waals surface area contributed by atoms with E-state index in [1.807, 2.05) is 22.6 Å². The van der Waals surface area contributed by atoms with E-state index >= 15 is 0 Å². The second-order valence-electron chi connectivity index (χ2n) is 1.91. The van der Waals surface area contributed by atoms with Gasteiger partial charge >= 0.3 is 0 Å². The lowest BCUT2D eigenvalue weighted by molar-refractivity contribution is 0.111. The molecule has 0 aromatic heterocycles. The van der Waals surface area contributed by atoms with Gasteiger partial charge in [0.2, 0.25) is 0 Å². The minimum atomic E-state index is -0.455. The van der Waals surface area contributed by atoms with Crippen molar-refractivity contribution in [3.63, 3.8) is 0 Å². The molecule has 0 aliphatic rings. The zero-order valence-electron chi connectivity index (χ0n) is 5.27. The zero-order chi connectivity index (χ0) is 8.43. The molecular formula is C7H3BrFIO. The molecule has 0 aliphatic heterocycles. The summed E-state index contributed by atoms with van der Waals surface area (Å²) in [7, 11) is 0. The first kappa shape index (κ1) is 9.12. The molecule has 0 atom stereocenters. The molecule has 1 nitrogen and oxygen atoms in total. The molecule has 4 heteroatoms. The number of halogens is 3. The summed E-state index contributed by atoms with van der Waals surface area (Å²) in [5.74, 6) is -0.455. The summed E-state index contributed by atoms with van der Waals surface area (Å²) in [6.07, 6.45) is 0.502. The summed E-state index contributed by atoms with van der Waals surface area (Å²) in [4.78, 5) is 10.3. The Bertz CT molecular complexity index is 301. The first-order valence-electron chi connectivity index (χ1n) is 2.75. The molecule has 0 amide bonds. The fourth-order valence-corrected chi connectivity index (χ4v) is 2.21. The fraction of sp³-hybridized carbons (Fsp3) is 0. The summed E-state index contributed by atoms with van der Waals surface area (Å²) in [5.41, 5.74) is 0.0868. The molecule has 0 heterocycles. The van der Waals surface area contributed by atoms with Gasteiger partial charge in [-0.1, -0.05) is 15.9 Å². The monoisotopic (exact) mass is 328 g/mol. The lowest BCUT2D eigenvalue weighted by Gasteiger charge is -1.98. The van der Waals surface area contributed by atoms with E-state index in [0.29, 0.717) is 14.3 Å². The lowest BCUT2D eigenvalue weighted by Crippen LogP contribution is -1.90. The molecule has 0 aliphatic carbocycles. The van der Waals surface area contributed by atoms with E-state index in [9.17, 15) is 9.18 Å². The van der Waals surface area contributed by atoms with E-state index in [4.69, 9.17) is 0 Å². The highest BCUT2D eigenvalue weighted by molar-refractivity contribution is 14.1. The summed E-state index contributed by atoms with van der Waals surface area (Å²) >= 11 is 4.99. The van der Waals surface area contributed by atoms with Crippen LogP contribution < -0.4 is 0 Å². The first-order valence-corrected chi connectivity index (χ1v) is 4.62. The Kier molecular flexibility index (Phi) is 3.00. The van der Waals surface area contributed by atoms with E-state index in [0.717, 1.165) is 0 Å². The van der Waals surface area contributed by atoms with Crippen LogP contribution in [-0.4, -0.2) is 6.29 Å². The van der Waals surface area contributed by atoms with Gasteiger partial charge < -0.3 is 0 Å². The maximum Gasteiger partial charge on any atom is 0.153 e. The van der Waals surface area contributed by atoms with E-state index < -0.39 is 5.82 Å². The van der Waals surface area contributed by atoms with Crippen molar-refractivity contribution in [2.75, 3.05) is 0 Å². The highest BCUT2D eigenvalue weighted by atomic mass is 127. The molecule has 0 radical (unpaired) electrons. The van der Waals surface area contributed by atoms with E-state index in [-0.39, 0.29) is 5.56 Å². The maximum atomic E-state index is 12.9. The Balaban J connectivity index is 3.35.